The molecule has 0 unspecified atom stereocenters. The van der Waals surface area contributed by atoms with Crippen molar-refractivity contribution in [3.8, 4) is 5.75 Å². The molecule has 142 valence electrons. The Morgan fingerprint density at radius 1 is 1.26 bits per heavy atom. The van der Waals surface area contributed by atoms with Gasteiger partial charge in [-0.2, -0.15) is 0 Å². The molecular weight excluding hydrogens is 349 g/mol. The molecule has 0 atom stereocenters. The average Bonchev–Trinajstić information content (AvgIpc) is 3.53. The van der Waals surface area contributed by atoms with Gasteiger partial charge in [0.15, 0.2) is 0 Å². The predicted octanol–water partition coefficient (Wildman–Crippen LogP) is 3.10. The van der Waals surface area contributed by atoms with Gasteiger partial charge in [-0.15, -0.1) is 0 Å². The van der Waals surface area contributed by atoms with E-state index in [0.717, 1.165) is 31.6 Å². The lowest BCUT2D eigenvalue weighted by Crippen LogP contribution is -2.36. The molecule has 2 aliphatic rings. The molecule has 1 N–H and O–H groups in total. The molecule has 4 rings (SSSR count). The molecule has 0 radical (unpaired) electrons. The SMILES string of the molecule is O=C(Nc1cc(F)ccc1OCC1CC1)c1cc(N2CCOCC2)ccn1. The zero-order valence-corrected chi connectivity index (χ0v) is 15.0. The van der Waals surface area contributed by atoms with Gasteiger partial charge >= 0.3 is 0 Å². The fraction of sp³-hybridized carbons (Fsp3) is 0.400. The number of nitrogens with one attached hydrogen (secondary N) is 1. The maximum absolute atomic E-state index is 13.7. The van der Waals surface area contributed by atoms with Crippen LogP contribution in [0.5, 0.6) is 5.75 Å². The molecule has 0 spiro atoms. The van der Waals surface area contributed by atoms with Gasteiger partial charge in [0.2, 0.25) is 0 Å². The van der Waals surface area contributed by atoms with E-state index in [9.17, 15) is 9.18 Å². The molecule has 1 saturated carbocycles. The van der Waals surface area contributed by atoms with Crippen molar-refractivity contribution in [2.75, 3.05) is 43.1 Å². The Morgan fingerprint density at radius 2 is 2.07 bits per heavy atom. The zero-order valence-electron chi connectivity index (χ0n) is 15.0. The third-order valence-electron chi connectivity index (χ3n) is 4.71. The van der Waals surface area contributed by atoms with E-state index >= 15 is 0 Å². The van der Waals surface area contributed by atoms with Gasteiger partial charge in [0, 0.05) is 31.0 Å². The van der Waals surface area contributed by atoms with Gasteiger partial charge in [0.25, 0.3) is 5.91 Å². The summed E-state index contributed by atoms with van der Waals surface area (Å²) in [5.74, 6) is 0.206. The van der Waals surface area contributed by atoms with Gasteiger partial charge in [0.05, 0.1) is 25.5 Å². The van der Waals surface area contributed by atoms with E-state index in [0.29, 0.717) is 37.2 Å². The molecule has 7 heteroatoms. The van der Waals surface area contributed by atoms with Gasteiger partial charge < -0.3 is 19.7 Å². The first kappa shape index (κ1) is 17.7. The number of carbonyl (C=O) groups excluding carboxylic acids is 1. The lowest BCUT2D eigenvalue weighted by molar-refractivity contribution is 0.102. The number of hydrogen-bond donors (Lipinski definition) is 1. The number of anilines is 2. The highest BCUT2D eigenvalue weighted by Gasteiger charge is 2.23. The Bertz CT molecular complexity index is 820. The molecule has 2 fully saturated rings. The van der Waals surface area contributed by atoms with Crippen LogP contribution in [0, 0.1) is 11.7 Å². The molecule has 0 bridgehead atoms. The van der Waals surface area contributed by atoms with Crippen LogP contribution in [0.25, 0.3) is 0 Å². The lowest BCUT2D eigenvalue weighted by atomic mass is 10.2. The quantitative estimate of drug-likeness (QED) is 0.845. The van der Waals surface area contributed by atoms with Crippen molar-refractivity contribution >= 4 is 17.3 Å². The second-order valence-electron chi connectivity index (χ2n) is 6.85. The molecule has 1 saturated heterocycles. The van der Waals surface area contributed by atoms with Crippen molar-refractivity contribution in [2.24, 2.45) is 5.92 Å². The molecule has 1 amide bonds. The molecular formula is C20H22FN3O3. The minimum atomic E-state index is -0.431. The summed E-state index contributed by atoms with van der Waals surface area (Å²) in [4.78, 5) is 19.0. The van der Waals surface area contributed by atoms with Crippen LogP contribution >= 0.6 is 0 Å². The fourth-order valence-electron chi connectivity index (χ4n) is 2.97. The first-order valence-corrected chi connectivity index (χ1v) is 9.21. The third-order valence-corrected chi connectivity index (χ3v) is 4.71. The van der Waals surface area contributed by atoms with Crippen molar-refractivity contribution in [3.63, 3.8) is 0 Å². The van der Waals surface area contributed by atoms with Crippen LogP contribution in [-0.2, 0) is 4.74 Å². The van der Waals surface area contributed by atoms with E-state index < -0.39 is 11.7 Å². The number of halogens is 1. The highest BCUT2D eigenvalue weighted by Crippen LogP contribution is 2.32. The monoisotopic (exact) mass is 371 g/mol. The van der Waals surface area contributed by atoms with Crippen LogP contribution in [0.3, 0.4) is 0 Å². The standard InChI is InChI=1S/C20H22FN3O3/c21-15-3-4-19(27-13-14-1-2-14)17(11-15)23-20(25)18-12-16(5-6-22-18)24-7-9-26-10-8-24/h3-6,11-12,14H,1-2,7-10,13H2,(H,23,25). The van der Waals surface area contributed by atoms with Gasteiger partial charge in [-0.1, -0.05) is 0 Å². The van der Waals surface area contributed by atoms with Crippen molar-refractivity contribution in [1.29, 1.82) is 0 Å². The Labute approximate surface area is 157 Å². The number of amides is 1. The Hall–Kier alpha value is -2.67. The Balaban J connectivity index is 1.49. The fourth-order valence-corrected chi connectivity index (χ4v) is 2.97. The number of nitrogens with zero attached hydrogens (tertiary/aromatic N) is 2. The highest BCUT2D eigenvalue weighted by atomic mass is 19.1. The molecule has 1 aliphatic carbocycles. The van der Waals surface area contributed by atoms with Crippen molar-refractivity contribution in [1.82, 2.24) is 4.98 Å². The normalized spacial score (nSPS) is 16.9. The largest absolute Gasteiger partial charge is 0.491 e. The zero-order chi connectivity index (χ0) is 18.6. The highest BCUT2D eigenvalue weighted by molar-refractivity contribution is 6.04. The smallest absolute Gasteiger partial charge is 0.274 e. The van der Waals surface area contributed by atoms with E-state index in [1.807, 2.05) is 6.07 Å². The van der Waals surface area contributed by atoms with E-state index in [1.54, 1.807) is 18.3 Å². The lowest BCUT2D eigenvalue weighted by Gasteiger charge is -2.28. The van der Waals surface area contributed by atoms with Crippen molar-refractivity contribution in [3.05, 3.63) is 48.0 Å². The van der Waals surface area contributed by atoms with E-state index in [1.165, 1.54) is 12.1 Å². The number of rotatable bonds is 6. The third kappa shape index (κ3) is 4.54. The van der Waals surface area contributed by atoms with E-state index in [-0.39, 0.29) is 5.69 Å². The van der Waals surface area contributed by atoms with Crippen LogP contribution < -0.4 is 15.0 Å². The van der Waals surface area contributed by atoms with Gasteiger partial charge in [-0.05, 0) is 43.0 Å². The van der Waals surface area contributed by atoms with E-state index in [2.05, 4.69) is 15.2 Å². The summed E-state index contributed by atoms with van der Waals surface area (Å²) in [6.45, 7) is 3.45. The first-order valence-electron chi connectivity index (χ1n) is 9.21. The van der Waals surface area contributed by atoms with Crippen LogP contribution in [-0.4, -0.2) is 43.8 Å². The molecule has 6 nitrogen and oxygen atoms in total. The van der Waals surface area contributed by atoms with Crippen LogP contribution in [0.1, 0.15) is 23.3 Å². The summed E-state index contributed by atoms with van der Waals surface area (Å²) < 4.78 is 24.8. The number of benzene rings is 1. The predicted molar refractivity (Wildman–Crippen MR) is 99.8 cm³/mol. The van der Waals surface area contributed by atoms with Crippen LogP contribution in [0.4, 0.5) is 15.8 Å². The number of carbonyl (C=O) groups is 1. The van der Waals surface area contributed by atoms with Crippen molar-refractivity contribution in [2.45, 2.75) is 12.8 Å². The molecule has 27 heavy (non-hydrogen) atoms. The summed E-state index contributed by atoms with van der Waals surface area (Å²) in [6, 6.07) is 7.76. The maximum Gasteiger partial charge on any atom is 0.274 e. The minimum absolute atomic E-state index is 0.274. The van der Waals surface area contributed by atoms with E-state index in [4.69, 9.17) is 9.47 Å². The van der Waals surface area contributed by atoms with Gasteiger partial charge in [-0.25, -0.2) is 4.39 Å². The summed E-state index contributed by atoms with van der Waals surface area (Å²) in [7, 11) is 0. The Morgan fingerprint density at radius 3 is 2.85 bits per heavy atom. The molecule has 1 aliphatic heterocycles. The summed E-state index contributed by atoms with van der Waals surface area (Å²) >= 11 is 0. The summed E-state index contributed by atoms with van der Waals surface area (Å²) in [6.07, 6.45) is 3.91. The van der Waals surface area contributed by atoms with Crippen LogP contribution in [0.2, 0.25) is 0 Å². The topological polar surface area (TPSA) is 63.7 Å². The number of pyridine rings is 1. The number of morpholine rings is 1. The minimum Gasteiger partial charge on any atom is -0.491 e. The second kappa shape index (κ2) is 7.92. The van der Waals surface area contributed by atoms with Gasteiger partial charge in [0.1, 0.15) is 17.3 Å². The van der Waals surface area contributed by atoms with Crippen molar-refractivity contribution < 1.29 is 18.7 Å². The summed E-state index contributed by atoms with van der Waals surface area (Å²) in [5.41, 5.74) is 1.51. The second-order valence-corrected chi connectivity index (χ2v) is 6.85. The summed E-state index contributed by atoms with van der Waals surface area (Å²) in [5, 5.41) is 2.73. The molecule has 1 aromatic carbocycles. The number of hydrogen-bond acceptors (Lipinski definition) is 5. The first-order chi connectivity index (χ1) is 13.2. The molecule has 2 aromatic rings. The van der Waals surface area contributed by atoms with Gasteiger partial charge in [-0.3, -0.25) is 9.78 Å². The number of ether oxygens (including phenoxy) is 2. The molecule has 1 aromatic heterocycles. The molecule has 2 heterocycles. The number of aromatic nitrogens is 1. The Kier molecular flexibility index (Phi) is 5.20. The average molecular weight is 371 g/mol. The maximum atomic E-state index is 13.7. The van der Waals surface area contributed by atoms with Crippen LogP contribution in [0.15, 0.2) is 36.5 Å².